The van der Waals surface area contributed by atoms with Crippen LogP contribution < -0.4 is 0 Å². The number of hydrogen-bond donors (Lipinski definition) is 0. The molecule has 1 aromatic heterocycles. The second-order valence-electron chi connectivity index (χ2n) is 8.43. The summed E-state index contributed by atoms with van der Waals surface area (Å²) in [5, 5.41) is 2.16. The third kappa shape index (κ3) is 2.72. The molecule has 2 nitrogen and oxygen atoms in total. The van der Waals surface area contributed by atoms with Gasteiger partial charge in [0, 0.05) is 22.3 Å². The Hall–Kier alpha value is -1.61. The Bertz CT molecular complexity index is 807. The summed E-state index contributed by atoms with van der Waals surface area (Å²) >= 11 is 1.82. The van der Waals surface area contributed by atoms with Gasteiger partial charge in [0.05, 0.1) is 5.56 Å². The third-order valence-electron chi connectivity index (χ3n) is 6.81. The lowest BCUT2D eigenvalue weighted by Crippen LogP contribution is -2.46. The second kappa shape index (κ2) is 6.53. The number of carbonyl (C=O) groups is 1. The van der Waals surface area contributed by atoms with Crippen LogP contribution in [0.15, 0.2) is 29.6 Å². The number of aryl methyl sites for hydroxylation is 2. The van der Waals surface area contributed by atoms with Crippen molar-refractivity contribution >= 4 is 17.2 Å². The summed E-state index contributed by atoms with van der Waals surface area (Å²) < 4.78 is 0. The summed E-state index contributed by atoms with van der Waals surface area (Å²) in [7, 11) is 0. The van der Waals surface area contributed by atoms with E-state index >= 15 is 0 Å². The van der Waals surface area contributed by atoms with E-state index in [9.17, 15) is 4.79 Å². The quantitative estimate of drug-likeness (QED) is 0.689. The Morgan fingerprint density at radius 3 is 2.46 bits per heavy atom. The Morgan fingerprint density at radius 1 is 1.04 bits per heavy atom. The summed E-state index contributed by atoms with van der Waals surface area (Å²) in [6.07, 6.45) is 9.46. The topological polar surface area (TPSA) is 20.3 Å². The first-order valence-electron chi connectivity index (χ1n) is 10.2. The molecule has 0 N–H and O–H groups in total. The zero-order chi connectivity index (χ0) is 17.7. The molecule has 2 unspecified atom stereocenters. The third-order valence-corrected chi connectivity index (χ3v) is 7.90. The highest BCUT2D eigenvalue weighted by atomic mass is 32.1. The zero-order valence-corrected chi connectivity index (χ0v) is 16.4. The summed E-state index contributed by atoms with van der Waals surface area (Å²) in [6.45, 7) is 2.15. The molecule has 5 rings (SSSR count). The van der Waals surface area contributed by atoms with Crippen molar-refractivity contribution in [3.8, 4) is 0 Å². The van der Waals surface area contributed by atoms with Gasteiger partial charge in [-0.2, -0.15) is 0 Å². The van der Waals surface area contributed by atoms with Crippen LogP contribution in [0.1, 0.15) is 76.4 Å². The molecule has 3 aliphatic rings. The molecule has 2 saturated heterocycles. The SMILES string of the molecule is Cc1ccc(C2CC3CCC(C2)N3C(=O)c2csc3c2CCCC3)cc1. The van der Waals surface area contributed by atoms with E-state index in [1.165, 1.54) is 53.7 Å². The molecule has 1 aliphatic carbocycles. The number of carbonyl (C=O) groups excluding carboxylic acids is 1. The lowest BCUT2D eigenvalue weighted by molar-refractivity contribution is 0.0570. The average Bonchev–Trinajstić information content (AvgIpc) is 3.20. The van der Waals surface area contributed by atoms with Crippen LogP contribution in [0.2, 0.25) is 0 Å². The van der Waals surface area contributed by atoms with Crippen LogP contribution in [0.4, 0.5) is 0 Å². The van der Waals surface area contributed by atoms with Crippen LogP contribution in [0.5, 0.6) is 0 Å². The number of fused-ring (bicyclic) bond motifs is 3. The number of rotatable bonds is 2. The van der Waals surface area contributed by atoms with Crippen LogP contribution >= 0.6 is 11.3 Å². The lowest BCUT2D eigenvalue weighted by Gasteiger charge is -2.39. The van der Waals surface area contributed by atoms with E-state index in [1.807, 2.05) is 11.3 Å². The highest BCUT2D eigenvalue weighted by molar-refractivity contribution is 7.10. The van der Waals surface area contributed by atoms with Gasteiger partial charge >= 0.3 is 0 Å². The average molecular weight is 366 g/mol. The fraction of sp³-hybridized carbons (Fsp3) is 0.522. The van der Waals surface area contributed by atoms with Gasteiger partial charge in [-0.3, -0.25) is 4.79 Å². The molecule has 1 aromatic carbocycles. The number of benzene rings is 1. The van der Waals surface area contributed by atoms with Crippen LogP contribution in [0.3, 0.4) is 0 Å². The molecule has 0 radical (unpaired) electrons. The minimum atomic E-state index is 0.333. The monoisotopic (exact) mass is 365 g/mol. The Labute approximate surface area is 160 Å². The first-order valence-corrected chi connectivity index (χ1v) is 11.1. The normalized spacial score (nSPS) is 27.4. The maximum absolute atomic E-state index is 13.4. The fourth-order valence-electron chi connectivity index (χ4n) is 5.43. The van der Waals surface area contributed by atoms with Gasteiger partial charge in [0.1, 0.15) is 0 Å². The molecular formula is C23H27NOS. The first-order chi connectivity index (χ1) is 12.7. The highest BCUT2D eigenvalue weighted by Crippen LogP contribution is 2.44. The molecule has 2 atom stereocenters. The predicted molar refractivity (Wildman–Crippen MR) is 107 cm³/mol. The summed E-state index contributed by atoms with van der Waals surface area (Å²) in [4.78, 5) is 17.2. The van der Waals surface area contributed by atoms with E-state index in [1.54, 1.807) is 0 Å². The highest BCUT2D eigenvalue weighted by Gasteiger charge is 2.44. The van der Waals surface area contributed by atoms with Gasteiger partial charge in [-0.25, -0.2) is 0 Å². The molecule has 2 fully saturated rings. The van der Waals surface area contributed by atoms with Crippen molar-refractivity contribution in [1.82, 2.24) is 4.90 Å². The van der Waals surface area contributed by atoms with Crippen molar-refractivity contribution in [3.05, 3.63) is 56.8 Å². The zero-order valence-electron chi connectivity index (χ0n) is 15.5. The minimum absolute atomic E-state index is 0.333. The van der Waals surface area contributed by atoms with Crippen LogP contribution in [-0.2, 0) is 12.8 Å². The van der Waals surface area contributed by atoms with Crippen molar-refractivity contribution in [1.29, 1.82) is 0 Å². The first kappa shape index (κ1) is 16.6. The van der Waals surface area contributed by atoms with E-state index in [2.05, 4.69) is 41.5 Å². The van der Waals surface area contributed by atoms with E-state index < -0.39 is 0 Å². The smallest absolute Gasteiger partial charge is 0.255 e. The second-order valence-corrected chi connectivity index (χ2v) is 9.40. The van der Waals surface area contributed by atoms with E-state index in [0.29, 0.717) is 23.9 Å². The van der Waals surface area contributed by atoms with E-state index in [0.717, 1.165) is 24.8 Å². The van der Waals surface area contributed by atoms with Gasteiger partial charge in [-0.15, -0.1) is 11.3 Å². The number of nitrogens with zero attached hydrogens (tertiary/aromatic N) is 1. The van der Waals surface area contributed by atoms with E-state index in [-0.39, 0.29) is 0 Å². The molecule has 3 heterocycles. The maximum Gasteiger partial charge on any atom is 0.255 e. The minimum Gasteiger partial charge on any atom is -0.333 e. The van der Waals surface area contributed by atoms with Gasteiger partial charge in [0.2, 0.25) is 0 Å². The molecule has 0 saturated carbocycles. The van der Waals surface area contributed by atoms with Crippen molar-refractivity contribution in [3.63, 3.8) is 0 Å². The molecule has 26 heavy (non-hydrogen) atoms. The van der Waals surface area contributed by atoms with Gasteiger partial charge in [0.25, 0.3) is 5.91 Å². The largest absolute Gasteiger partial charge is 0.333 e. The number of amides is 1. The molecule has 2 bridgehead atoms. The van der Waals surface area contributed by atoms with Crippen LogP contribution in [-0.4, -0.2) is 22.9 Å². The van der Waals surface area contributed by atoms with Crippen LogP contribution in [0, 0.1) is 6.92 Å². The van der Waals surface area contributed by atoms with Gasteiger partial charge < -0.3 is 4.90 Å². The maximum atomic E-state index is 13.4. The molecule has 0 spiro atoms. The molecule has 136 valence electrons. The number of hydrogen-bond acceptors (Lipinski definition) is 2. The van der Waals surface area contributed by atoms with Crippen LogP contribution in [0.25, 0.3) is 0 Å². The Balaban J connectivity index is 1.38. The van der Waals surface area contributed by atoms with Gasteiger partial charge in [0.15, 0.2) is 0 Å². The lowest BCUT2D eigenvalue weighted by atomic mass is 9.84. The number of piperidine rings is 1. The Morgan fingerprint density at radius 2 is 1.73 bits per heavy atom. The summed E-state index contributed by atoms with van der Waals surface area (Å²) in [5.74, 6) is 0.952. The van der Waals surface area contributed by atoms with Crippen molar-refractivity contribution in [2.24, 2.45) is 0 Å². The van der Waals surface area contributed by atoms with Crippen molar-refractivity contribution < 1.29 is 4.79 Å². The van der Waals surface area contributed by atoms with Gasteiger partial charge in [-0.1, -0.05) is 29.8 Å². The molecule has 2 aromatic rings. The number of thiophene rings is 1. The standard InChI is InChI=1S/C23H27NOS/c1-15-6-8-16(9-7-15)17-12-18-10-11-19(13-17)24(18)23(25)21-14-26-22-5-3-2-4-20(21)22/h6-9,14,17-19H,2-5,10-13H2,1H3. The predicted octanol–water partition coefficient (Wildman–Crippen LogP) is 5.49. The molecule has 2 aliphatic heterocycles. The van der Waals surface area contributed by atoms with Gasteiger partial charge in [-0.05, 0) is 75.3 Å². The summed E-state index contributed by atoms with van der Waals surface area (Å²) in [5.41, 5.74) is 5.21. The summed E-state index contributed by atoms with van der Waals surface area (Å²) in [6, 6.07) is 9.93. The van der Waals surface area contributed by atoms with Crippen molar-refractivity contribution in [2.45, 2.75) is 76.3 Å². The molecular weight excluding hydrogens is 338 g/mol. The Kier molecular flexibility index (Phi) is 4.16. The van der Waals surface area contributed by atoms with E-state index in [4.69, 9.17) is 0 Å². The molecule has 3 heteroatoms. The van der Waals surface area contributed by atoms with Crippen molar-refractivity contribution in [2.75, 3.05) is 0 Å². The molecule has 1 amide bonds. The fourth-order valence-corrected chi connectivity index (χ4v) is 6.55.